The van der Waals surface area contributed by atoms with E-state index >= 15 is 0 Å². The molecule has 0 fully saturated rings. The second kappa shape index (κ2) is 7.49. The van der Waals surface area contributed by atoms with E-state index < -0.39 is 26.4 Å². The van der Waals surface area contributed by atoms with Crippen molar-refractivity contribution in [1.29, 1.82) is 0 Å². The molecule has 0 heterocycles. The number of methoxy groups -OCH3 is 1. The Morgan fingerprint density at radius 2 is 1.44 bits per heavy atom. The van der Waals surface area contributed by atoms with Crippen LogP contribution in [0.2, 0.25) is 39.3 Å². The average Bonchev–Trinajstić information content (AvgIpc) is 2.14. The molecule has 7 heteroatoms. The number of ether oxygens (including phenoxy) is 1. The molecule has 0 radical (unpaired) electrons. The third-order valence-electron chi connectivity index (χ3n) is 1.77. The summed E-state index contributed by atoms with van der Waals surface area (Å²) in [6, 6.07) is 0. The number of hydrogen-bond acceptors (Lipinski definition) is 4. The molecule has 0 saturated carbocycles. The molecule has 0 aromatic heterocycles. The molecule has 0 N–H and O–H groups in total. The second-order valence-electron chi connectivity index (χ2n) is 6.01. The Morgan fingerprint density at radius 1 is 1.00 bits per heavy atom. The minimum absolute atomic E-state index is 0.173. The van der Waals surface area contributed by atoms with Crippen LogP contribution in [-0.4, -0.2) is 39.4 Å². The minimum Gasteiger partial charge on any atom is -0.520 e. The Balaban J connectivity index is 4.48. The molecule has 0 aliphatic heterocycles. The van der Waals surface area contributed by atoms with Crippen molar-refractivity contribution < 1.29 is 18.0 Å². The second-order valence-corrected chi connectivity index (χ2v) is 16.2. The van der Waals surface area contributed by atoms with Crippen molar-refractivity contribution in [2.45, 2.75) is 52.1 Å². The highest BCUT2D eigenvalue weighted by atomic mass is 28.4. The maximum absolute atomic E-state index is 6.06. The zero-order chi connectivity index (χ0) is 14.4. The van der Waals surface area contributed by atoms with Gasteiger partial charge in [0.1, 0.15) is 0 Å². The fourth-order valence-corrected chi connectivity index (χ4v) is 7.19. The maximum atomic E-state index is 6.06. The highest BCUT2D eigenvalue weighted by molar-refractivity contribution is 6.71. The highest BCUT2D eigenvalue weighted by Crippen LogP contribution is 2.14. The van der Waals surface area contributed by atoms with Gasteiger partial charge in [-0.1, -0.05) is 0 Å². The van der Waals surface area contributed by atoms with Crippen molar-refractivity contribution in [3.05, 3.63) is 12.0 Å². The van der Waals surface area contributed by atoms with Gasteiger partial charge in [0.2, 0.25) is 0 Å². The van der Waals surface area contributed by atoms with Gasteiger partial charge in [0, 0.05) is 0 Å². The Kier molecular flexibility index (Phi) is 7.45. The smallest absolute Gasteiger partial charge is 0.280 e. The predicted molar refractivity (Wildman–Crippen MR) is 83.0 cm³/mol. The van der Waals surface area contributed by atoms with Gasteiger partial charge in [-0.15, -0.1) is 0 Å². The molecule has 0 aliphatic rings. The quantitative estimate of drug-likeness (QED) is 0.392. The lowest BCUT2D eigenvalue weighted by atomic mass is 10.7. The van der Waals surface area contributed by atoms with Crippen LogP contribution in [-0.2, 0) is 18.0 Å². The fraction of sp³-hybridized carbons (Fsp3) is 0.818. The molecule has 0 unspecified atom stereocenters. The van der Waals surface area contributed by atoms with Gasteiger partial charge in [0.15, 0.2) is 22.5 Å². The molecule has 0 aromatic rings. The molecule has 0 atom stereocenters. The van der Waals surface area contributed by atoms with E-state index in [2.05, 4.69) is 39.3 Å². The SMILES string of the molecule is C/C=C(/OC)O[SiH2]C(O[Si](C)(C)C)O[Si](C)(C)C. The van der Waals surface area contributed by atoms with Gasteiger partial charge in [0.05, 0.1) is 7.11 Å². The first-order valence-electron chi connectivity index (χ1n) is 6.26. The molecule has 0 aliphatic carbocycles. The fourth-order valence-electron chi connectivity index (χ4n) is 1.29. The van der Waals surface area contributed by atoms with E-state index in [-0.39, 0.29) is 5.91 Å². The van der Waals surface area contributed by atoms with E-state index in [1.165, 1.54) is 0 Å². The van der Waals surface area contributed by atoms with Crippen molar-refractivity contribution >= 4 is 26.4 Å². The average molecular weight is 309 g/mol. The Morgan fingerprint density at radius 3 is 1.72 bits per heavy atom. The minimum atomic E-state index is -1.62. The van der Waals surface area contributed by atoms with E-state index in [9.17, 15) is 0 Å². The molecule has 18 heavy (non-hydrogen) atoms. The first-order valence-corrected chi connectivity index (χ1v) is 14.5. The zero-order valence-electron chi connectivity index (χ0n) is 13.0. The molecule has 0 saturated heterocycles. The Hall–Kier alpha value is -0.0894. The molecule has 0 amide bonds. The molecule has 0 aromatic carbocycles. The lowest BCUT2D eigenvalue weighted by Crippen LogP contribution is -2.43. The van der Waals surface area contributed by atoms with Crippen molar-refractivity contribution in [3.63, 3.8) is 0 Å². The highest BCUT2D eigenvalue weighted by Gasteiger charge is 2.28. The number of hydrogen-bond donors (Lipinski definition) is 0. The van der Waals surface area contributed by atoms with Crippen LogP contribution < -0.4 is 0 Å². The molecular formula is C11H28O4Si3. The van der Waals surface area contributed by atoms with Crippen LogP contribution >= 0.6 is 0 Å². The lowest BCUT2D eigenvalue weighted by molar-refractivity contribution is 0.0415. The van der Waals surface area contributed by atoms with Crippen molar-refractivity contribution in [2.75, 3.05) is 7.11 Å². The van der Waals surface area contributed by atoms with E-state index in [0.717, 1.165) is 0 Å². The monoisotopic (exact) mass is 308 g/mol. The number of rotatable bonds is 8. The summed E-state index contributed by atoms with van der Waals surface area (Å²) in [4.78, 5) is 0. The van der Waals surface area contributed by atoms with E-state index in [4.69, 9.17) is 18.0 Å². The summed E-state index contributed by atoms with van der Waals surface area (Å²) in [5.41, 5.74) is 0. The molecular weight excluding hydrogens is 280 g/mol. The van der Waals surface area contributed by atoms with Crippen LogP contribution in [0.25, 0.3) is 0 Å². The van der Waals surface area contributed by atoms with Crippen molar-refractivity contribution in [2.24, 2.45) is 0 Å². The predicted octanol–water partition coefficient (Wildman–Crippen LogP) is 2.58. The summed E-state index contributed by atoms with van der Waals surface area (Å²) < 4.78 is 22.9. The largest absolute Gasteiger partial charge is 0.520 e. The molecule has 0 rings (SSSR count). The summed E-state index contributed by atoms with van der Waals surface area (Å²) in [6.07, 6.45) is 1.81. The summed E-state index contributed by atoms with van der Waals surface area (Å²) in [7, 11) is -2.61. The topological polar surface area (TPSA) is 36.9 Å². The van der Waals surface area contributed by atoms with E-state index in [1.807, 2.05) is 13.0 Å². The van der Waals surface area contributed by atoms with Gasteiger partial charge < -0.3 is 18.0 Å². The summed E-state index contributed by atoms with van der Waals surface area (Å²) >= 11 is 0. The van der Waals surface area contributed by atoms with Crippen LogP contribution in [0.5, 0.6) is 0 Å². The standard InChI is InChI=1S/C11H28O4Si3/c1-9-10(12-2)13-16-11(14-17(3,4)5)15-18(6,7)8/h9,11H,16H2,1-8H3/b10-9-. The Bertz CT molecular complexity index is 252. The molecule has 0 bridgehead atoms. The third kappa shape index (κ3) is 9.89. The van der Waals surface area contributed by atoms with Gasteiger partial charge in [-0.3, -0.25) is 0 Å². The first kappa shape index (κ1) is 17.9. The van der Waals surface area contributed by atoms with E-state index in [0.29, 0.717) is 5.95 Å². The van der Waals surface area contributed by atoms with Crippen molar-refractivity contribution in [3.8, 4) is 0 Å². The van der Waals surface area contributed by atoms with Gasteiger partial charge >= 0.3 is 0 Å². The van der Waals surface area contributed by atoms with Gasteiger partial charge in [-0.05, 0) is 52.3 Å². The maximum Gasteiger partial charge on any atom is 0.280 e. The summed E-state index contributed by atoms with van der Waals surface area (Å²) in [5.74, 6) is 0.387. The van der Waals surface area contributed by atoms with Gasteiger partial charge in [-0.25, -0.2) is 0 Å². The lowest BCUT2D eigenvalue weighted by Gasteiger charge is -2.31. The molecule has 0 spiro atoms. The molecule has 108 valence electrons. The normalized spacial score (nSPS) is 14.6. The van der Waals surface area contributed by atoms with Crippen LogP contribution in [0.1, 0.15) is 6.92 Å². The van der Waals surface area contributed by atoms with Crippen molar-refractivity contribution in [1.82, 2.24) is 0 Å². The van der Waals surface area contributed by atoms with E-state index in [1.54, 1.807) is 7.11 Å². The van der Waals surface area contributed by atoms with Crippen LogP contribution in [0.15, 0.2) is 12.0 Å². The Labute approximate surface area is 116 Å². The van der Waals surface area contributed by atoms with Crippen LogP contribution in [0.3, 0.4) is 0 Å². The first-order chi connectivity index (χ1) is 8.07. The van der Waals surface area contributed by atoms with Gasteiger partial charge in [-0.2, -0.15) is 0 Å². The number of allylic oxidation sites excluding steroid dienone is 1. The zero-order valence-corrected chi connectivity index (χ0v) is 16.4. The van der Waals surface area contributed by atoms with Crippen LogP contribution in [0, 0.1) is 0 Å². The third-order valence-corrected chi connectivity index (χ3v) is 5.43. The summed E-state index contributed by atoms with van der Waals surface area (Å²) in [6.45, 7) is 14.9. The molecule has 4 nitrogen and oxygen atoms in total. The van der Waals surface area contributed by atoms with Crippen LogP contribution in [0.4, 0.5) is 0 Å². The summed E-state index contributed by atoms with van der Waals surface area (Å²) in [5, 5.41) is 0. The van der Waals surface area contributed by atoms with Gasteiger partial charge in [0.25, 0.3) is 15.7 Å².